The molecule has 0 saturated carbocycles. The number of amides is 1. The fourth-order valence-corrected chi connectivity index (χ4v) is 1.42. The SMILES string of the molecule is O=C(CCc1cocn1)Nc1c(F)cccc1F. The zero-order valence-corrected chi connectivity index (χ0v) is 9.32. The molecule has 2 aromatic rings. The van der Waals surface area contributed by atoms with Gasteiger partial charge in [-0.2, -0.15) is 0 Å². The number of hydrogen-bond donors (Lipinski definition) is 1. The van der Waals surface area contributed by atoms with Crippen molar-refractivity contribution in [3.63, 3.8) is 0 Å². The van der Waals surface area contributed by atoms with Gasteiger partial charge in [-0.3, -0.25) is 4.79 Å². The number of benzene rings is 1. The Balaban J connectivity index is 1.95. The van der Waals surface area contributed by atoms with Crippen molar-refractivity contribution in [2.45, 2.75) is 12.8 Å². The van der Waals surface area contributed by atoms with Gasteiger partial charge in [-0.25, -0.2) is 13.8 Å². The number of carbonyl (C=O) groups is 1. The highest BCUT2D eigenvalue weighted by Gasteiger charge is 2.12. The summed E-state index contributed by atoms with van der Waals surface area (Å²) in [5.41, 5.74) is 0.182. The lowest BCUT2D eigenvalue weighted by Gasteiger charge is -2.06. The van der Waals surface area contributed by atoms with Crippen LogP contribution in [0.15, 0.2) is 35.3 Å². The van der Waals surface area contributed by atoms with Crippen molar-refractivity contribution in [3.8, 4) is 0 Å². The molecule has 1 aromatic carbocycles. The van der Waals surface area contributed by atoms with Crippen LogP contribution in [-0.2, 0) is 11.2 Å². The van der Waals surface area contributed by atoms with Crippen LogP contribution < -0.4 is 5.32 Å². The van der Waals surface area contributed by atoms with E-state index in [2.05, 4.69) is 10.3 Å². The monoisotopic (exact) mass is 252 g/mol. The van der Waals surface area contributed by atoms with E-state index in [1.54, 1.807) is 0 Å². The topological polar surface area (TPSA) is 55.1 Å². The van der Waals surface area contributed by atoms with Gasteiger partial charge in [-0.05, 0) is 12.1 Å². The van der Waals surface area contributed by atoms with Gasteiger partial charge in [0.25, 0.3) is 0 Å². The first-order valence-electron chi connectivity index (χ1n) is 5.28. The van der Waals surface area contributed by atoms with Crippen molar-refractivity contribution in [2.75, 3.05) is 5.32 Å². The Morgan fingerprint density at radius 2 is 2.06 bits per heavy atom. The maximum absolute atomic E-state index is 13.2. The first-order chi connectivity index (χ1) is 8.66. The molecule has 18 heavy (non-hydrogen) atoms. The van der Waals surface area contributed by atoms with Crippen LogP contribution in [0.4, 0.5) is 14.5 Å². The van der Waals surface area contributed by atoms with E-state index in [4.69, 9.17) is 4.42 Å². The summed E-state index contributed by atoms with van der Waals surface area (Å²) in [5.74, 6) is -2.09. The van der Waals surface area contributed by atoms with Crippen molar-refractivity contribution in [1.82, 2.24) is 4.98 Å². The van der Waals surface area contributed by atoms with Gasteiger partial charge < -0.3 is 9.73 Å². The average molecular weight is 252 g/mol. The van der Waals surface area contributed by atoms with Crippen LogP contribution in [0.5, 0.6) is 0 Å². The Hall–Kier alpha value is -2.24. The molecular weight excluding hydrogens is 242 g/mol. The predicted molar refractivity (Wildman–Crippen MR) is 59.8 cm³/mol. The maximum Gasteiger partial charge on any atom is 0.224 e. The van der Waals surface area contributed by atoms with E-state index in [0.29, 0.717) is 12.1 Å². The molecular formula is C12H10F2N2O2. The smallest absolute Gasteiger partial charge is 0.224 e. The van der Waals surface area contributed by atoms with E-state index in [1.165, 1.54) is 18.7 Å². The molecule has 1 N–H and O–H groups in total. The number of anilines is 1. The molecule has 4 nitrogen and oxygen atoms in total. The second-order valence-electron chi connectivity index (χ2n) is 3.62. The molecule has 0 unspecified atom stereocenters. The standard InChI is InChI=1S/C12H10F2N2O2/c13-9-2-1-3-10(14)12(9)16-11(17)5-4-8-6-18-7-15-8/h1-3,6-7H,4-5H2,(H,16,17). The molecule has 0 aliphatic carbocycles. The molecule has 0 fully saturated rings. The molecule has 0 atom stereocenters. The van der Waals surface area contributed by atoms with E-state index >= 15 is 0 Å². The van der Waals surface area contributed by atoms with E-state index < -0.39 is 23.2 Å². The summed E-state index contributed by atoms with van der Waals surface area (Å²) >= 11 is 0. The number of nitrogens with zero attached hydrogens (tertiary/aromatic N) is 1. The Kier molecular flexibility index (Phi) is 3.66. The summed E-state index contributed by atoms with van der Waals surface area (Å²) in [4.78, 5) is 15.3. The lowest BCUT2D eigenvalue weighted by atomic mass is 10.2. The summed E-state index contributed by atoms with van der Waals surface area (Å²) in [6.45, 7) is 0. The quantitative estimate of drug-likeness (QED) is 0.909. The zero-order valence-electron chi connectivity index (χ0n) is 9.32. The second kappa shape index (κ2) is 5.39. The Bertz CT molecular complexity index is 521. The van der Waals surface area contributed by atoms with Crippen molar-refractivity contribution in [1.29, 1.82) is 0 Å². The number of para-hydroxylation sites is 1. The molecule has 6 heteroatoms. The number of aryl methyl sites for hydroxylation is 1. The van der Waals surface area contributed by atoms with E-state index in [-0.39, 0.29) is 6.42 Å². The Labute approximate surface area is 102 Å². The highest BCUT2D eigenvalue weighted by Crippen LogP contribution is 2.18. The Morgan fingerprint density at radius 3 is 2.67 bits per heavy atom. The highest BCUT2D eigenvalue weighted by molar-refractivity contribution is 5.91. The van der Waals surface area contributed by atoms with Gasteiger partial charge in [0.1, 0.15) is 23.6 Å². The number of rotatable bonds is 4. The molecule has 94 valence electrons. The lowest BCUT2D eigenvalue weighted by Crippen LogP contribution is -2.14. The van der Waals surface area contributed by atoms with Crippen molar-refractivity contribution < 1.29 is 18.0 Å². The van der Waals surface area contributed by atoms with Crippen molar-refractivity contribution in [3.05, 3.63) is 48.2 Å². The maximum atomic E-state index is 13.2. The van der Waals surface area contributed by atoms with Crippen LogP contribution in [0.3, 0.4) is 0 Å². The molecule has 0 spiro atoms. The van der Waals surface area contributed by atoms with Crippen molar-refractivity contribution in [2.24, 2.45) is 0 Å². The molecule has 0 radical (unpaired) electrons. The van der Waals surface area contributed by atoms with Gasteiger partial charge in [0.05, 0.1) is 5.69 Å². The highest BCUT2D eigenvalue weighted by atomic mass is 19.1. The largest absolute Gasteiger partial charge is 0.451 e. The third-order valence-electron chi connectivity index (χ3n) is 2.32. The third kappa shape index (κ3) is 2.91. The minimum atomic E-state index is -0.801. The number of hydrogen-bond acceptors (Lipinski definition) is 3. The third-order valence-corrected chi connectivity index (χ3v) is 2.32. The van der Waals surface area contributed by atoms with Crippen molar-refractivity contribution >= 4 is 11.6 Å². The molecule has 1 aromatic heterocycles. The molecule has 1 amide bonds. The predicted octanol–water partition coefficient (Wildman–Crippen LogP) is 2.52. The van der Waals surface area contributed by atoms with Crippen LogP contribution in [0, 0.1) is 11.6 Å². The van der Waals surface area contributed by atoms with Gasteiger partial charge in [-0.15, -0.1) is 0 Å². The number of carbonyl (C=O) groups excluding carboxylic acids is 1. The molecule has 0 aliphatic rings. The zero-order chi connectivity index (χ0) is 13.0. The van der Waals surface area contributed by atoms with Gasteiger partial charge in [-0.1, -0.05) is 6.07 Å². The van der Waals surface area contributed by atoms with E-state index in [0.717, 1.165) is 12.1 Å². The summed E-state index contributed by atoms with van der Waals surface area (Å²) in [6, 6.07) is 3.39. The first kappa shape index (κ1) is 12.2. The summed E-state index contributed by atoms with van der Waals surface area (Å²) in [5, 5.41) is 2.19. The van der Waals surface area contributed by atoms with Gasteiger partial charge in [0, 0.05) is 12.8 Å². The van der Waals surface area contributed by atoms with Crippen LogP contribution >= 0.6 is 0 Å². The van der Waals surface area contributed by atoms with Gasteiger partial charge >= 0.3 is 0 Å². The minimum absolute atomic E-state index is 0.0697. The molecule has 0 bridgehead atoms. The van der Waals surface area contributed by atoms with Gasteiger partial charge in [0.2, 0.25) is 5.91 Å². The summed E-state index contributed by atoms with van der Waals surface area (Å²) in [7, 11) is 0. The van der Waals surface area contributed by atoms with Crippen LogP contribution in [0.1, 0.15) is 12.1 Å². The second-order valence-corrected chi connectivity index (χ2v) is 3.62. The lowest BCUT2D eigenvalue weighted by molar-refractivity contribution is -0.116. The summed E-state index contributed by atoms with van der Waals surface area (Å²) in [6.07, 6.45) is 3.08. The average Bonchev–Trinajstić information content (AvgIpc) is 2.84. The number of nitrogens with one attached hydrogen (secondary N) is 1. The van der Waals surface area contributed by atoms with E-state index in [1.807, 2.05) is 0 Å². The number of halogens is 2. The first-order valence-corrected chi connectivity index (χ1v) is 5.28. The summed E-state index contributed by atoms with van der Waals surface area (Å²) < 4.78 is 31.2. The van der Waals surface area contributed by atoms with Gasteiger partial charge in [0.15, 0.2) is 6.39 Å². The Morgan fingerprint density at radius 1 is 1.33 bits per heavy atom. The fraction of sp³-hybridized carbons (Fsp3) is 0.167. The molecule has 1 heterocycles. The molecule has 2 rings (SSSR count). The normalized spacial score (nSPS) is 10.3. The fourth-order valence-electron chi connectivity index (χ4n) is 1.42. The van der Waals surface area contributed by atoms with Crippen LogP contribution in [0.25, 0.3) is 0 Å². The van der Waals surface area contributed by atoms with Crippen LogP contribution in [0.2, 0.25) is 0 Å². The molecule has 0 saturated heterocycles. The minimum Gasteiger partial charge on any atom is -0.451 e. The number of oxazole rings is 1. The molecule has 0 aliphatic heterocycles. The number of aromatic nitrogens is 1. The van der Waals surface area contributed by atoms with E-state index in [9.17, 15) is 13.6 Å². The van der Waals surface area contributed by atoms with Crippen LogP contribution in [-0.4, -0.2) is 10.9 Å².